The number of hydrogen-bond donors (Lipinski definition) is 1. The summed E-state index contributed by atoms with van der Waals surface area (Å²) in [5.74, 6) is -0.542. The maximum atomic E-state index is 13.3. The molecule has 0 saturated heterocycles. The fourth-order valence-corrected chi connectivity index (χ4v) is 1.68. The number of nitrogens with zero attached hydrogens (tertiary/aromatic N) is 3. The Labute approximate surface area is 109 Å². The van der Waals surface area contributed by atoms with Crippen molar-refractivity contribution in [2.75, 3.05) is 18.0 Å². The maximum Gasteiger partial charge on any atom is 0.230 e. The first-order valence-corrected chi connectivity index (χ1v) is 5.91. The smallest absolute Gasteiger partial charge is 0.230 e. The van der Waals surface area contributed by atoms with Crippen molar-refractivity contribution in [3.8, 4) is 0 Å². The van der Waals surface area contributed by atoms with Crippen molar-refractivity contribution in [2.45, 2.75) is 6.42 Å². The van der Waals surface area contributed by atoms with Gasteiger partial charge in [0.25, 0.3) is 0 Å². The Morgan fingerprint density at radius 3 is 2.47 bits per heavy atom. The number of nitrogens with two attached hydrogens (primary N) is 1. The fraction of sp³-hybridized carbons (Fsp3) is 0.231. The van der Waals surface area contributed by atoms with Crippen LogP contribution in [0.3, 0.4) is 0 Å². The zero-order valence-electron chi connectivity index (χ0n) is 10.3. The van der Waals surface area contributed by atoms with Crippen LogP contribution >= 0.6 is 0 Å². The number of halogens is 2. The molecule has 0 radical (unpaired) electrons. The van der Waals surface area contributed by atoms with Crippen molar-refractivity contribution >= 4 is 11.6 Å². The van der Waals surface area contributed by atoms with Gasteiger partial charge in [-0.3, -0.25) is 0 Å². The van der Waals surface area contributed by atoms with Crippen LogP contribution in [0.4, 0.5) is 20.4 Å². The van der Waals surface area contributed by atoms with Crippen LogP contribution in [0.2, 0.25) is 0 Å². The summed E-state index contributed by atoms with van der Waals surface area (Å²) in [5, 5.41) is 0. The third kappa shape index (κ3) is 3.45. The van der Waals surface area contributed by atoms with Gasteiger partial charge in [0.2, 0.25) is 5.95 Å². The third-order valence-electron chi connectivity index (χ3n) is 2.55. The number of benzene rings is 1. The highest BCUT2D eigenvalue weighted by atomic mass is 19.1. The number of anilines is 2. The Morgan fingerprint density at radius 2 is 1.84 bits per heavy atom. The summed E-state index contributed by atoms with van der Waals surface area (Å²) in [7, 11) is 0. The molecule has 0 aliphatic rings. The number of rotatable bonds is 5. The predicted octanol–water partition coefficient (Wildman–Crippen LogP) is 2.24. The highest BCUT2D eigenvalue weighted by molar-refractivity contribution is 5.56. The highest BCUT2D eigenvalue weighted by Crippen LogP contribution is 2.22. The molecule has 0 spiro atoms. The lowest BCUT2D eigenvalue weighted by Crippen LogP contribution is -2.23. The number of hydrogen-bond acceptors (Lipinski definition) is 4. The van der Waals surface area contributed by atoms with E-state index in [4.69, 9.17) is 5.73 Å². The summed E-state index contributed by atoms with van der Waals surface area (Å²) in [4.78, 5) is 9.53. The van der Waals surface area contributed by atoms with Crippen molar-refractivity contribution in [3.05, 3.63) is 48.3 Å². The largest absolute Gasteiger partial charge is 0.330 e. The number of aromatic nitrogens is 2. The molecular weight excluding hydrogens is 250 g/mol. The van der Waals surface area contributed by atoms with E-state index in [1.54, 1.807) is 17.0 Å². The van der Waals surface area contributed by atoms with Gasteiger partial charge in [-0.1, -0.05) is 6.07 Å². The molecule has 1 heterocycles. The topological polar surface area (TPSA) is 55.0 Å². The SMILES string of the molecule is NCCCN(c1cccc(F)c1)c1ncc(F)cn1. The van der Waals surface area contributed by atoms with E-state index in [1.165, 1.54) is 12.1 Å². The normalized spacial score (nSPS) is 10.5. The summed E-state index contributed by atoms with van der Waals surface area (Å²) < 4.78 is 26.1. The summed E-state index contributed by atoms with van der Waals surface area (Å²) in [5.41, 5.74) is 6.10. The van der Waals surface area contributed by atoms with Crippen molar-refractivity contribution in [2.24, 2.45) is 5.73 Å². The van der Waals surface area contributed by atoms with Crippen molar-refractivity contribution in [1.82, 2.24) is 9.97 Å². The maximum absolute atomic E-state index is 13.3. The first-order valence-electron chi connectivity index (χ1n) is 5.91. The zero-order valence-corrected chi connectivity index (χ0v) is 10.3. The second kappa shape index (κ2) is 6.19. The van der Waals surface area contributed by atoms with E-state index in [9.17, 15) is 8.78 Å². The molecular formula is C13H14F2N4. The molecule has 100 valence electrons. The highest BCUT2D eigenvalue weighted by Gasteiger charge is 2.12. The van der Waals surface area contributed by atoms with Gasteiger partial charge in [-0.25, -0.2) is 18.7 Å². The van der Waals surface area contributed by atoms with Crippen LogP contribution in [0.15, 0.2) is 36.7 Å². The molecule has 0 unspecified atom stereocenters. The van der Waals surface area contributed by atoms with Gasteiger partial charge in [0.15, 0.2) is 5.82 Å². The van der Waals surface area contributed by atoms with Gasteiger partial charge in [-0.05, 0) is 31.2 Å². The molecule has 2 rings (SSSR count). The lowest BCUT2D eigenvalue weighted by atomic mass is 10.2. The molecule has 2 aromatic rings. The van der Waals surface area contributed by atoms with E-state index in [2.05, 4.69) is 9.97 Å². The Bertz CT molecular complexity index is 530. The van der Waals surface area contributed by atoms with Crippen LogP contribution in [0.1, 0.15) is 6.42 Å². The van der Waals surface area contributed by atoms with Gasteiger partial charge >= 0.3 is 0 Å². The van der Waals surface area contributed by atoms with E-state index in [-0.39, 0.29) is 5.82 Å². The molecule has 0 atom stereocenters. The molecule has 4 nitrogen and oxygen atoms in total. The molecule has 6 heteroatoms. The summed E-state index contributed by atoms with van der Waals surface area (Å²) in [6.45, 7) is 1.03. The van der Waals surface area contributed by atoms with E-state index in [0.717, 1.165) is 12.4 Å². The Kier molecular flexibility index (Phi) is 4.35. The predicted molar refractivity (Wildman–Crippen MR) is 69.1 cm³/mol. The third-order valence-corrected chi connectivity index (χ3v) is 2.55. The molecule has 0 fully saturated rings. The Balaban J connectivity index is 2.32. The van der Waals surface area contributed by atoms with Gasteiger partial charge in [0.05, 0.1) is 12.4 Å². The second-order valence-corrected chi connectivity index (χ2v) is 3.98. The second-order valence-electron chi connectivity index (χ2n) is 3.98. The summed E-state index contributed by atoms with van der Waals surface area (Å²) >= 11 is 0. The molecule has 0 bridgehead atoms. The Hall–Kier alpha value is -2.08. The average Bonchev–Trinajstić information content (AvgIpc) is 2.41. The van der Waals surface area contributed by atoms with Crippen LogP contribution in [0.5, 0.6) is 0 Å². The van der Waals surface area contributed by atoms with Crippen molar-refractivity contribution < 1.29 is 8.78 Å². The van der Waals surface area contributed by atoms with E-state index in [1.807, 2.05) is 0 Å². The standard InChI is InChI=1S/C13H14F2N4/c14-10-3-1-4-12(7-10)19(6-2-5-16)13-17-8-11(15)9-18-13/h1,3-4,7-9H,2,5-6,16H2. The minimum absolute atomic E-state index is 0.320. The molecule has 0 amide bonds. The quantitative estimate of drug-likeness (QED) is 0.899. The van der Waals surface area contributed by atoms with Crippen LogP contribution in [0, 0.1) is 11.6 Å². The monoisotopic (exact) mass is 264 g/mol. The van der Waals surface area contributed by atoms with Crippen molar-refractivity contribution in [1.29, 1.82) is 0 Å². The molecule has 19 heavy (non-hydrogen) atoms. The first kappa shape index (κ1) is 13.4. The molecule has 0 aliphatic heterocycles. The molecule has 0 aliphatic carbocycles. The van der Waals surface area contributed by atoms with Gasteiger partial charge < -0.3 is 10.6 Å². The van der Waals surface area contributed by atoms with E-state index < -0.39 is 5.82 Å². The lowest BCUT2D eigenvalue weighted by molar-refractivity contribution is 0.612. The molecule has 0 saturated carbocycles. The van der Waals surface area contributed by atoms with Gasteiger partial charge in [-0.15, -0.1) is 0 Å². The van der Waals surface area contributed by atoms with Crippen LogP contribution in [0.25, 0.3) is 0 Å². The Morgan fingerprint density at radius 1 is 1.11 bits per heavy atom. The minimum atomic E-state index is -0.512. The first-order chi connectivity index (χ1) is 9.20. The summed E-state index contributed by atoms with van der Waals surface area (Å²) in [6, 6.07) is 6.08. The van der Waals surface area contributed by atoms with E-state index in [0.29, 0.717) is 31.1 Å². The molecule has 2 N–H and O–H groups in total. The molecule has 1 aromatic carbocycles. The van der Waals surface area contributed by atoms with Crippen LogP contribution < -0.4 is 10.6 Å². The lowest BCUT2D eigenvalue weighted by Gasteiger charge is -2.22. The van der Waals surface area contributed by atoms with Gasteiger partial charge in [0.1, 0.15) is 5.82 Å². The molecule has 1 aromatic heterocycles. The van der Waals surface area contributed by atoms with E-state index >= 15 is 0 Å². The van der Waals surface area contributed by atoms with Crippen LogP contribution in [-0.2, 0) is 0 Å². The van der Waals surface area contributed by atoms with Crippen LogP contribution in [-0.4, -0.2) is 23.1 Å². The zero-order chi connectivity index (χ0) is 13.7. The van der Waals surface area contributed by atoms with Gasteiger partial charge in [0, 0.05) is 12.2 Å². The average molecular weight is 264 g/mol. The van der Waals surface area contributed by atoms with Gasteiger partial charge in [-0.2, -0.15) is 0 Å². The summed E-state index contributed by atoms with van der Waals surface area (Å²) in [6.07, 6.45) is 2.85. The van der Waals surface area contributed by atoms with Crippen molar-refractivity contribution in [3.63, 3.8) is 0 Å². The fourth-order valence-electron chi connectivity index (χ4n) is 1.68. The minimum Gasteiger partial charge on any atom is -0.330 e.